The summed E-state index contributed by atoms with van der Waals surface area (Å²) in [6.45, 7) is 6.82. The molecule has 2 nitrogen and oxygen atoms in total. The van der Waals surface area contributed by atoms with Gasteiger partial charge >= 0.3 is 5.97 Å². The Balaban J connectivity index is 0. The molecule has 0 aliphatic carbocycles. The number of carbonyl (C=O) groups is 1. The molecule has 0 atom stereocenters. The van der Waals surface area contributed by atoms with Crippen molar-refractivity contribution >= 4 is 5.97 Å². The minimum Gasteiger partial charge on any atom is -0.481 e. The number of carboxylic acid groups (broad SMARTS) is 1. The first-order valence-corrected chi connectivity index (χ1v) is 17.2. The van der Waals surface area contributed by atoms with Crippen molar-refractivity contribution < 1.29 is 9.90 Å². The summed E-state index contributed by atoms with van der Waals surface area (Å²) in [4.78, 5) is 10.3. The Labute approximate surface area is 240 Å². The smallest absolute Gasteiger partial charge is 0.303 e. The molecule has 0 aromatic rings. The number of hydrogen-bond donors (Lipinski definition) is 1. The molecule has 0 aliphatic heterocycles. The molecule has 1 N–H and O–H groups in total. The average Bonchev–Trinajstić information content (AvgIpc) is 2.91. The number of rotatable bonds is 29. The maximum atomic E-state index is 10.3. The number of allylic oxidation sites excluding steroid dienone is 4. The van der Waals surface area contributed by atoms with E-state index in [2.05, 4.69) is 45.1 Å². The number of unbranched alkanes of at least 4 members (excludes halogenated alkanes) is 23. The number of hydrogen-bond acceptors (Lipinski definition) is 1. The van der Waals surface area contributed by atoms with E-state index in [0.29, 0.717) is 6.42 Å². The molecule has 0 aromatic heterocycles. The SMILES string of the molecule is CCCCCCCC/C=C\CCCCCCCC.CCCCCCCC/C=C\CCCCCCCC(=O)O. The summed E-state index contributed by atoms with van der Waals surface area (Å²) >= 11 is 0. The lowest BCUT2D eigenvalue weighted by Crippen LogP contribution is -1.93. The largest absolute Gasteiger partial charge is 0.481 e. The van der Waals surface area contributed by atoms with E-state index in [1.807, 2.05) is 0 Å². The van der Waals surface area contributed by atoms with Gasteiger partial charge in [0.25, 0.3) is 0 Å². The molecule has 0 saturated carbocycles. The van der Waals surface area contributed by atoms with Crippen LogP contribution in [0, 0.1) is 0 Å². The third-order valence-electron chi connectivity index (χ3n) is 7.27. The first kappa shape index (κ1) is 39.1. The molecule has 0 unspecified atom stereocenters. The van der Waals surface area contributed by atoms with Crippen LogP contribution in [0.15, 0.2) is 24.3 Å². The van der Waals surface area contributed by atoms with Gasteiger partial charge in [0.1, 0.15) is 0 Å². The van der Waals surface area contributed by atoms with Crippen LogP contribution in [0.1, 0.15) is 201 Å². The molecule has 0 fully saturated rings. The molecule has 0 radical (unpaired) electrons. The molecule has 2 heteroatoms. The highest BCUT2D eigenvalue weighted by Crippen LogP contribution is 2.11. The van der Waals surface area contributed by atoms with E-state index >= 15 is 0 Å². The van der Waals surface area contributed by atoms with Gasteiger partial charge in [-0.3, -0.25) is 4.79 Å². The Morgan fingerprint density at radius 2 is 0.632 bits per heavy atom. The zero-order valence-corrected chi connectivity index (χ0v) is 26.5. The fraction of sp³-hybridized carbons (Fsp3) is 0.861. The Kier molecular flexibility index (Phi) is 39.2. The Bertz CT molecular complexity index is 462. The standard InChI is InChI=1S/C18H34O2.C18H36/c1-2-3-4-5-6-7-8-9-10-11-12-13-14-15-16-17-18(19)20;1-3-5-7-9-11-13-15-17-18-16-14-12-10-8-6-4-2/h9-10H,2-8,11-17H2,1H3,(H,19,20);17-18H,3-16H2,1-2H3/b10-9-;18-17-. The molecule has 0 aromatic carbocycles. The lowest BCUT2D eigenvalue weighted by molar-refractivity contribution is -0.137. The van der Waals surface area contributed by atoms with Crippen molar-refractivity contribution in [2.45, 2.75) is 201 Å². The van der Waals surface area contributed by atoms with Crippen LogP contribution in [-0.2, 0) is 4.79 Å². The maximum Gasteiger partial charge on any atom is 0.303 e. The zero-order chi connectivity index (χ0) is 28.2. The van der Waals surface area contributed by atoms with E-state index < -0.39 is 5.97 Å². The van der Waals surface area contributed by atoms with E-state index in [4.69, 9.17) is 5.11 Å². The van der Waals surface area contributed by atoms with Crippen LogP contribution in [0.4, 0.5) is 0 Å². The van der Waals surface area contributed by atoms with Crippen molar-refractivity contribution in [2.24, 2.45) is 0 Å². The van der Waals surface area contributed by atoms with E-state index in [-0.39, 0.29) is 0 Å². The van der Waals surface area contributed by atoms with E-state index in [1.54, 1.807) is 0 Å². The van der Waals surface area contributed by atoms with Crippen LogP contribution >= 0.6 is 0 Å². The summed E-state index contributed by atoms with van der Waals surface area (Å²) in [7, 11) is 0. The predicted molar refractivity (Wildman–Crippen MR) is 172 cm³/mol. The van der Waals surface area contributed by atoms with Gasteiger partial charge in [0.2, 0.25) is 0 Å². The number of aliphatic carboxylic acids is 1. The molecule has 38 heavy (non-hydrogen) atoms. The highest BCUT2D eigenvalue weighted by Gasteiger charge is 1.96. The van der Waals surface area contributed by atoms with Crippen LogP contribution in [0.2, 0.25) is 0 Å². The Morgan fingerprint density at radius 1 is 0.395 bits per heavy atom. The van der Waals surface area contributed by atoms with Crippen LogP contribution < -0.4 is 0 Å². The molecule has 0 rings (SSSR count). The summed E-state index contributed by atoms with van der Waals surface area (Å²) in [6.07, 6.45) is 45.7. The summed E-state index contributed by atoms with van der Waals surface area (Å²) in [5.74, 6) is -0.664. The van der Waals surface area contributed by atoms with Gasteiger partial charge in [0.15, 0.2) is 0 Å². The van der Waals surface area contributed by atoms with Gasteiger partial charge in [-0.05, 0) is 57.8 Å². The van der Waals surface area contributed by atoms with Crippen molar-refractivity contribution in [3.63, 3.8) is 0 Å². The van der Waals surface area contributed by atoms with Gasteiger partial charge < -0.3 is 5.11 Å². The zero-order valence-electron chi connectivity index (χ0n) is 26.5. The molecule has 226 valence electrons. The first-order valence-electron chi connectivity index (χ1n) is 17.2. The minimum atomic E-state index is -0.664. The minimum absolute atomic E-state index is 0.332. The Morgan fingerprint density at radius 3 is 0.895 bits per heavy atom. The van der Waals surface area contributed by atoms with Crippen molar-refractivity contribution in [1.82, 2.24) is 0 Å². The summed E-state index contributed by atoms with van der Waals surface area (Å²) in [5, 5.41) is 8.51. The maximum absolute atomic E-state index is 10.3. The molecular formula is C36H70O2. The lowest BCUT2D eigenvalue weighted by atomic mass is 10.1. The average molecular weight is 535 g/mol. The lowest BCUT2D eigenvalue weighted by Gasteiger charge is -1.99. The number of carboxylic acids is 1. The first-order chi connectivity index (χ1) is 18.7. The fourth-order valence-electron chi connectivity index (χ4n) is 4.67. The van der Waals surface area contributed by atoms with Gasteiger partial charge in [-0.1, -0.05) is 161 Å². The second-order valence-electron chi connectivity index (χ2n) is 11.3. The third-order valence-corrected chi connectivity index (χ3v) is 7.27. The second-order valence-corrected chi connectivity index (χ2v) is 11.3. The molecule has 0 saturated heterocycles. The van der Waals surface area contributed by atoms with Crippen molar-refractivity contribution in [3.8, 4) is 0 Å². The van der Waals surface area contributed by atoms with Crippen LogP contribution in [0.3, 0.4) is 0 Å². The van der Waals surface area contributed by atoms with E-state index in [0.717, 1.165) is 12.8 Å². The van der Waals surface area contributed by atoms with Crippen molar-refractivity contribution in [2.75, 3.05) is 0 Å². The monoisotopic (exact) mass is 535 g/mol. The summed E-state index contributed by atoms with van der Waals surface area (Å²) in [5.41, 5.74) is 0. The van der Waals surface area contributed by atoms with Crippen molar-refractivity contribution in [1.29, 1.82) is 0 Å². The van der Waals surface area contributed by atoms with Crippen LogP contribution in [-0.4, -0.2) is 11.1 Å². The van der Waals surface area contributed by atoms with Crippen molar-refractivity contribution in [3.05, 3.63) is 24.3 Å². The summed E-state index contributed by atoms with van der Waals surface area (Å²) < 4.78 is 0. The molecule has 0 amide bonds. The van der Waals surface area contributed by atoms with Crippen LogP contribution in [0.25, 0.3) is 0 Å². The molecule has 0 bridgehead atoms. The van der Waals surface area contributed by atoms with E-state index in [1.165, 1.54) is 161 Å². The molecular weight excluding hydrogens is 464 g/mol. The fourth-order valence-corrected chi connectivity index (χ4v) is 4.67. The van der Waals surface area contributed by atoms with Crippen LogP contribution in [0.5, 0.6) is 0 Å². The van der Waals surface area contributed by atoms with Gasteiger partial charge in [-0.2, -0.15) is 0 Å². The highest BCUT2D eigenvalue weighted by molar-refractivity contribution is 5.66. The van der Waals surface area contributed by atoms with Gasteiger partial charge in [0.05, 0.1) is 0 Å². The van der Waals surface area contributed by atoms with E-state index in [9.17, 15) is 4.79 Å². The Hall–Kier alpha value is -1.05. The second kappa shape index (κ2) is 38.1. The predicted octanol–water partition coefficient (Wildman–Crippen LogP) is 13.2. The molecule has 0 heterocycles. The van der Waals surface area contributed by atoms with Gasteiger partial charge in [0, 0.05) is 6.42 Å². The summed E-state index contributed by atoms with van der Waals surface area (Å²) in [6, 6.07) is 0. The molecule has 0 spiro atoms. The highest BCUT2D eigenvalue weighted by atomic mass is 16.4. The quantitative estimate of drug-likeness (QED) is 0.0765. The molecule has 0 aliphatic rings. The third kappa shape index (κ3) is 42.1. The normalized spacial score (nSPS) is 11.3. The van der Waals surface area contributed by atoms with Gasteiger partial charge in [-0.15, -0.1) is 0 Å². The topological polar surface area (TPSA) is 37.3 Å². The van der Waals surface area contributed by atoms with Gasteiger partial charge in [-0.25, -0.2) is 0 Å².